The molecule has 1 aromatic heterocycles. The lowest BCUT2D eigenvalue weighted by Gasteiger charge is -2.19. The van der Waals surface area contributed by atoms with Gasteiger partial charge in [0.05, 0.1) is 16.8 Å². The summed E-state index contributed by atoms with van der Waals surface area (Å²) in [4.78, 5) is 30.2. The Morgan fingerprint density at radius 3 is 2.71 bits per heavy atom. The minimum absolute atomic E-state index is 0.0179. The maximum atomic E-state index is 12.6. The van der Waals surface area contributed by atoms with Crippen LogP contribution in [0.3, 0.4) is 0 Å². The van der Waals surface area contributed by atoms with Gasteiger partial charge in [-0.25, -0.2) is 4.98 Å². The number of para-hydroxylation sites is 1. The summed E-state index contributed by atoms with van der Waals surface area (Å²) in [6, 6.07) is 15.4. The standard InChI is InChI=1S/C21H22N4O2S/c1-22-20(27)14-8-10-15(11-9-14)23-19(26)13-25-12-4-6-17(25)21-24-16-5-2-3-7-18(16)28-21/h2-3,5,7-11,17H,4,6,12-13H2,1H3,(H,22,27)(H,23,26)/p+1/t17-/m0/s1. The summed E-state index contributed by atoms with van der Waals surface area (Å²) in [5.74, 6) is -0.159. The van der Waals surface area contributed by atoms with Crippen molar-refractivity contribution in [3.05, 3.63) is 59.1 Å². The van der Waals surface area contributed by atoms with Gasteiger partial charge in [0.15, 0.2) is 11.6 Å². The van der Waals surface area contributed by atoms with Gasteiger partial charge in [-0.3, -0.25) is 9.59 Å². The van der Waals surface area contributed by atoms with Crippen LogP contribution in [0.5, 0.6) is 0 Å². The number of nitrogens with zero attached hydrogens (tertiary/aromatic N) is 1. The number of carbonyl (C=O) groups is 2. The van der Waals surface area contributed by atoms with E-state index >= 15 is 0 Å². The number of thiazole rings is 1. The van der Waals surface area contributed by atoms with Gasteiger partial charge in [0.2, 0.25) is 0 Å². The number of quaternary nitrogens is 1. The second kappa shape index (κ2) is 8.08. The average molecular weight is 396 g/mol. The van der Waals surface area contributed by atoms with E-state index in [4.69, 9.17) is 4.98 Å². The molecule has 2 atom stereocenters. The topological polar surface area (TPSA) is 75.5 Å². The Balaban J connectivity index is 1.41. The van der Waals surface area contributed by atoms with Gasteiger partial charge >= 0.3 is 0 Å². The molecule has 1 aliphatic rings. The second-order valence-electron chi connectivity index (χ2n) is 7.00. The van der Waals surface area contributed by atoms with E-state index in [1.54, 1.807) is 42.6 Å². The van der Waals surface area contributed by atoms with Crippen LogP contribution >= 0.6 is 11.3 Å². The first kappa shape index (κ1) is 18.6. The third-order valence-corrected chi connectivity index (χ3v) is 6.29. The van der Waals surface area contributed by atoms with Crippen LogP contribution in [-0.2, 0) is 4.79 Å². The summed E-state index contributed by atoms with van der Waals surface area (Å²) in [7, 11) is 1.60. The number of benzene rings is 2. The van der Waals surface area contributed by atoms with Crippen LogP contribution < -0.4 is 15.5 Å². The molecule has 3 aromatic rings. The average Bonchev–Trinajstić information content (AvgIpc) is 3.34. The molecule has 4 rings (SSSR count). The number of likely N-dealkylation sites (tertiary alicyclic amines) is 1. The molecule has 1 unspecified atom stereocenters. The molecule has 0 spiro atoms. The Labute approximate surface area is 167 Å². The summed E-state index contributed by atoms with van der Waals surface area (Å²) in [6.45, 7) is 1.39. The molecule has 2 aromatic carbocycles. The number of rotatable bonds is 5. The maximum Gasteiger partial charge on any atom is 0.279 e. The Morgan fingerprint density at radius 1 is 1.18 bits per heavy atom. The summed E-state index contributed by atoms with van der Waals surface area (Å²) in [5, 5.41) is 6.65. The molecule has 2 amide bonds. The van der Waals surface area contributed by atoms with E-state index in [9.17, 15) is 9.59 Å². The lowest BCUT2D eigenvalue weighted by atomic mass is 10.2. The molecule has 6 nitrogen and oxygen atoms in total. The van der Waals surface area contributed by atoms with Crippen molar-refractivity contribution >= 4 is 39.1 Å². The Morgan fingerprint density at radius 2 is 1.96 bits per heavy atom. The number of fused-ring (bicyclic) bond motifs is 1. The van der Waals surface area contributed by atoms with Crippen molar-refractivity contribution in [2.45, 2.75) is 18.9 Å². The van der Waals surface area contributed by atoms with E-state index in [2.05, 4.69) is 16.7 Å². The van der Waals surface area contributed by atoms with Crippen molar-refractivity contribution in [3.8, 4) is 0 Å². The van der Waals surface area contributed by atoms with Crippen LogP contribution in [0.1, 0.15) is 34.2 Å². The van der Waals surface area contributed by atoms with Gasteiger partial charge in [-0.1, -0.05) is 12.1 Å². The number of hydrogen-bond acceptors (Lipinski definition) is 4. The number of amides is 2. The third kappa shape index (κ3) is 3.90. The smallest absolute Gasteiger partial charge is 0.279 e. The van der Waals surface area contributed by atoms with Gasteiger partial charge < -0.3 is 15.5 Å². The van der Waals surface area contributed by atoms with Gasteiger partial charge in [-0.05, 0) is 36.4 Å². The minimum Gasteiger partial charge on any atom is -0.355 e. The second-order valence-corrected chi connectivity index (χ2v) is 8.07. The molecule has 7 heteroatoms. The molecular formula is C21H23N4O2S+. The summed E-state index contributed by atoms with van der Waals surface area (Å²) in [6.07, 6.45) is 2.16. The summed E-state index contributed by atoms with van der Waals surface area (Å²) < 4.78 is 1.20. The SMILES string of the molecule is CNC(=O)c1ccc(NC(=O)C[NH+]2CCC[C@H]2c2nc3ccccc3s2)cc1. The van der Waals surface area contributed by atoms with Crippen LogP contribution in [0.25, 0.3) is 10.2 Å². The third-order valence-electron chi connectivity index (χ3n) is 5.14. The fraction of sp³-hybridized carbons (Fsp3) is 0.286. The highest BCUT2D eigenvalue weighted by atomic mass is 32.1. The van der Waals surface area contributed by atoms with Crippen molar-refractivity contribution in [2.24, 2.45) is 0 Å². The Bertz CT molecular complexity index is 966. The molecule has 1 aliphatic heterocycles. The zero-order chi connectivity index (χ0) is 19.5. The summed E-state index contributed by atoms with van der Waals surface area (Å²) >= 11 is 1.73. The molecule has 144 valence electrons. The molecule has 0 radical (unpaired) electrons. The lowest BCUT2D eigenvalue weighted by Crippen LogP contribution is -3.11. The largest absolute Gasteiger partial charge is 0.355 e. The first-order chi connectivity index (χ1) is 13.6. The van der Waals surface area contributed by atoms with Gasteiger partial charge in [0.25, 0.3) is 11.8 Å². The molecular weight excluding hydrogens is 372 g/mol. The van der Waals surface area contributed by atoms with Crippen molar-refractivity contribution < 1.29 is 14.5 Å². The molecule has 28 heavy (non-hydrogen) atoms. The van der Waals surface area contributed by atoms with Crippen molar-refractivity contribution in [2.75, 3.05) is 25.5 Å². The predicted molar refractivity (Wildman–Crippen MR) is 111 cm³/mol. The maximum absolute atomic E-state index is 12.6. The molecule has 0 bridgehead atoms. The van der Waals surface area contributed by atoms with E-state index < -0.39 is 0 Å². The number of nitrogens with one attached hydrogen (secondary N) is 3. The van der Waals surface area contributed by atoms with Crippen LogP contribution in [0.15, 0.2) is 48.5 Å². The van der Waals surface area contributed by atoms with Crippen LogP contribution in [-0.4, -0.2) is 36.9 Å². The normalized spacial score (nSPS) is 18.9. The number of hydrogen-bond donors (Lipinski definition) is 3. The first-order valence-electron chi connectivity index (χ1n) is 9.46. The Hall–Kier alpha value is -2.77. The van der Waals surface area contributed by atoms with E-state index in [1.807, 2.05) is 18.2 Å². The Kier molecular flexibility index (Phi) is 5.36. The van der Waals surface area contributed by atoms with E-state index in [0.717, 1.165) is 29.9 Å². The van der Waals surface area contributed by atoms with E-state index in [0.29, 0.717) is 17.8 Å². The van der Waals surface area contributed by atoms with E-state index in [-0.39, 0.29) is 17.9 Å². The molecule has 0 saturated carbocycles. The quantitative estimate of drug-likeness (QED) is 0.619. The van der Waals surface area contributed by atoms with Crippen LogP contribution in [0.2, 0.25) is 0 Å². The van der Waals surface area contributed by atoms with E-state index in [1.165, 1.54) is 9.60 Å². The first-order valence-corrected chi connectivity index (χ1v) is 10.3. The molecule has 1 fully saturated rings. The lowest BCUT2D eigenvalue weighted by molar-refractivity contribution is -0.910. The van der Waals surface area contributed by atoms with Crippen LogP contribution in [0.4, 0.5) is 5.69 Å². The molecule has 1 saturated heterocycles. The zero-order valence-corrected chi connectivity index (χ0v) is 16.5. The fourth-order valence-electron chi connectivity index (χ4n) is 3.72. The molecule has 0 aliphatic carbocycles. The van der Waals surface area contributed by atoms with Gasteiger partial charge in [-0.2, -0.15) is 0 Å². The number of aromatic nitrogens is 1. The highest BCUT2D eigenvalue weighted by Crippen LogP contribution is 2.28. The van der Waals surface area contributed by atoms with Crippen LogP contribution in [0, 0.1) is 0 Å². The van der Waals surface area contributed by atoms with Gasteiger partial charge in [0, 0.05) is 31.1 Å². The minimum atomic E-state index is -0.141. The van der Waals surface area contributed by atoms with Gasteiger partial charge in [-0.15, -0.1) is 11.3 Å². The van der Waals surface area contributed by atoms with Crippen molar-refractivity contribution in [1.82, 2.24) is 10.3 Å². The summed E-state index contributed by atoms with van der Waals surface area (Å²) in [5.41, 5.74) is 2.31. The molecule has 3 N–H and O–H groups in total. The number of carbonyl (C=O) groups excluding carboxylic acids is 2. The molecule has 2 heterocycles. The van der Waals surface area contributed by atoms with Gasteiger partial charge in [0.1, 0.15) is 6.04 Å². The highest BCUT2D eigenvalue weighted by Gasteiger charge is 2.34. The predicted octanol–water partition coefficient (Wildman–Crippen LogP) is 2.01. The van der Waals surface area contributed by atoms with Crippen molar-refractivity contribution in [3.63, 3.8) is 0 Å². The highest BCUT2D eigenvalue weighted by molar-refractivity contribution is 7.18. The number of anilines is 1. The fourth-order valence-corrected chi connectivity index (χ4v) is 4.88. The van der Waals surface area contributed by atoms with Crippen molar-refractivity contribution in [1.29, 1.82) is 0 Å². The monoisotopic (exact) mass is 395 g/mol. The zero-order valence-electron chi connectivity index (χ0n) is 15.7.